The number of nitrogens with one attached hydrogen (secondary N) is 1. The molecular formula is C19H13BrN4O2. The molecule has 0 fully saturated rings. The Hall–Kier alpha value is -3.19. The highest BCUT2D eigenvalue weighted by Gasteiger charge is 2.18. The van der Waals surface area contributed by atoms with Crippen LogP contribution in [0.2, 0.25) is 0 Å². The van der Waals surface area contributed by atoms with Crippen LogP contribution in [0.4, 0.5) is 11.4 Å². The minimum absolute atomic E-state index is 0.0908. The van der Waals surface area contributed by atoms with Crippen molar-refractivity contribution in [1.29, 1.82) is 0 Å². The minimum Gasteiger partial charge on any atom is -0.478 e. The van der Waals surface area contributed by atoms with Crippen LogP contribution in [0.1, 0.15) is 10.4 Å². The molecule has 0 radical (unpaired) electrons. The van der Waals surface area contributed by atoms with Crippen molar-refractivity contribution in [3.63, 3.8) is 0 Å². The van der Waals surface area contributed by atoms with Gasteiger partial charge in [0.15, 0.2) is 5.65 Å². The summed E-state index contributed by atoms with van der Waals surface area (Å²) in [5.74, 6) is -1.05. The van der Waals surface area contributed by atoms with E-state index in [1.165, 1.54) is 6.20 Å². The molecule has 0 saturated heterocycles. The number of rotatable bonds is 4. The lowest BCUT2D eigenvalue weighted by molar-refractivity contribution is 0.0697. The average Bonchev–Trinajstić information content (AvgIpc) is 3.09. The molecule has 0 bridgehead atoms. The van der Waals surface area contributed by atoms with Crippen LogP contribution in [0.5, 0.6) is 0 Å². The third-order valence-electron chi connectivity index (χ3n) is 3.94. The summed E-state index contributed by atoms with van der Waals surface area (Å²) < 4.78 is 2.63. The third kappa shape index (κ3) is 2.93. The molecule has 2 aromatic heterocycles. The zero-order chi connectivity index (χ0) is 18.1. The van der Waals surface area contributed by atoms with Gasteiger partial charge in [0.05, 0.1) is 23.0 Å². The van der Waals surface area contributed by atoms with Gasteiger partial charge in [-0.15, -0.1) is 0 Å². The summed E-state index contributed by atoms with van der Waals surface area (Å²) in [7, 11) is 0. The fourth-order valence-electron chi connectivity index (χ4n) is 2.71. The van der Waals surface area contributed by atoms with E-state index in [2.05, 4.69) is 31.3 Å². The number of aromatic nitrogens is 3. The molecule has 2 aromatic carbocycles. The first-order valence-corrected chi connectivity index (χ1v) is 8.61. The summed E-state index contributed by atoms with van der Waals surface area (Å²) in [5.41, 5.74) is 2.77. The van der Waals surface area contributed by atoms with Crippen molar-refractivity contribution in [1.82, 2.24) is 14.8 Å². The number of pyridine rings is 1. The lowest BCUT2D eigenvalue weighted by Crippen LogP contribution is -2.05. The highest BCUT2D eigenvalue weighted by Crippen LogP contribution is 2.30. The second-order valence-corrected chi connectivity index (χ2v) is 6.53. The zero-order valence-electron chi connectivity index (χ0n) is 13.4. The van der Waals surface area contributed by atoms with Gasteiger partial charge in [0.25, 0.3) is 0 Å². The first-order chi connectivity index (χ1) is 12.6. The number of carbonyl (C=O) groups is 1. The van der Waals surface area contributed by atoms with Crippen molar-refractivity contribution >= 4 is 44.3 Å². The van der Waals surface area contributed by atoms with Gasteiger partial charge in [-0.25, -0.2) is 14.5 Å². The highest BCUT2D eigenvalue weighted by atomic mass is 79.9. The standard InChI is InChI=1S/C19H13BrN4O2/c20-12-6-8-13(9-7-12)23-17-15-11-22-24(14-4-2-1-3-5-14)18(15)21-10-16(17)19(25)26/h1-11H,(H,21,23)(H,25,26). The molecule has 0 aliphatic heterocycles. The lowest BCUT2D eigenvalue weighted by atomic mass is 10.1. The number of nitrogens with zero attached hydrogens (tertiary/aromatic N) is 3. The molecule has 4 rings (SSSR count). The summed E-state index contributed by atoms with van der Waals surface area (Å²) >= 11 is 3.39. The Balaban J connectivity index is 1.88. The highest BCUT2D eigenvalue weighted by molar-refractivity contribution is 9.10. The monoisotopic (exact) mass is 408 g/mol. The number of para-hydroxylation sites is 1. The smallest absolute Gasteiger partial charge is 0.339 e. The molecule has 0 unspecified atom stereocenters. The third-order valence-corrected chi connectivity index (χ3v) is 4.47. The van der Waals surface area contributed by atoms with E-state index in [0.717, 1.165) is 15.8 Å². The Morgan fingerprint density at radius 1 is 1.04 bits per heavy atom. The summed E-state index contributed by atoms with van der Waals surface area (Å²) in [5, 5.41) is 17.8. The number of hydrogen-bond acceptors (Lipinski definition) is 4. The number of fused-ring (bicyclic) bond motifs is 1. The molecule has 2 heterocycles. The number of carboxylic acids is 1. The van der Waals surface area contributed by atoms with Gasteiger partial charge in [0.1, 0.15) is 5.56 Å². The quantitative estimate of drug-likeness (QED) is 0.514. The largest absolute Gasteiger partial charge is 0.478 e. The second-order valence-electron chi connectivity index (χ2n) is 5.61. The predicted molar refractivity (Wildman–Crippen MR) is 103 cm³/mol. The maximum atomic E-state index is 11.7. The van der Waals surface area contributed by atoms with Crippen molar-refractivity contribution in [2.24, 2.45) is 0 Å². The number of aromatic carboxylic acids is 1. The Bertz CT molecular complexity index is 1090. The summed E-state index contributed by atoms with van der Waals surface area (Å²) in [6, 6.07) is 17.1. The molecule has 7 heteroatoms. The fraction of sp³-hybridized carbons (Fsp3) is 0. The molecule has 6 nitrogen and oxygen atoms in total. The average molecular weight is 409 g/mol. The normalized spacial score (nSPS) is 10.8. The molecular weight excluding hydrogens is 396 g/mol. The maximum Gasteiger partial charge on any atom is 0.339 e. The van der Waals surface area contributed by atoms with Gasteiger partial charge in [-0.2, -0.15) is 5.10 Å². The van der Waals surface area contributed by atoms with Gasteiger partial charge in [-0.3, -0.25) is 0 Å². The summed E-state index contributed by atoms with van der Waals surface area (Å²) in [6.45, 7) is 0. The molecule has 0 aliphatic rings. The van der Waals surface area contributed by atoms with Crippen molar-refractivity contribution < 1.29 is 9.90 Å². The van der Waals surface area contributed by atoms with E-state index in [-0.39, 0.29) is 5.56 Å². The maximum absolute atomic E-state index is 11.7. The first-order valence-electron chi connectivity index (χ1n) is 7.81. The van der Waals surface area contributed by atoms with Gasteiger partial charge in [0, 0.05) is 16.4 Å². The van der Waals surface area contributed by atoms with Crippen molar-refractivity contribution in [3.05, 3.63) is 77.0 Å². The molecule has 128 valence electrons. The fourth-order valence-corrected chi connectivity index (χ4v) is 2.97. The van der Waals surface area contributed by atoms with Gasteiger partial charge < -0.3 is 10.4 Å². The van der Waals surface area contributed by atoms with Crippen molar-refractivity contribution in [3.8, 4) is 5.69 Å². The topological polar surface area (TPSA) is 80.0 Å². The van der Waals surface area contributed by atoms with Crippen molar-refractivity contribution in [2.75, 3.05) is 5.32 Å². The number of halogens is 1. The number of anilines is 2. The number of hydrogen-bond donors (Lipinski definition) is 2. The predicted octanol–water partition coefficient (Wildman–Crippen LogP) is 4.62. The molecule has 0 atom stereocenters. The molecule has 2 N–H and O–H groups in total. The van der Waals surface area contributed by atoms with E-state index >= 15 is 0 Å². The van der Waals surface area contributed by atoms with Gasteiger partial charge in [0.2, 0.25) is 0 Å². The van der Waals surface area contributed by atoms with E-state index in [0.29, 0.717) is 16.7 Å². The molecule has 0 spiro atoms. The van der Waals surface area contributed by atoms with E-state index < -0.39 is 5.97 Å². The Labute approximate surface area is 157 Å². The van der Waals surface area contributed by atoms with E-state index in [1.54, 1.807) is 10.9 Å². The number of carboxylic acid groups (broad SMARTS) is 1. The van der Waals surface area contributed by atoms with Crippen LogP contribution >= 0.6 is 15.9 Å². The zero-order valence-corrected chi connectivity index (χ0v) is 15.0. The van der Waals surface area contributed by atoms with Crippen LogP contribution in [-0.4, -0.2) is 25.8 Å². The van der Waals surface area contributed by atoms with Crippen LogP contribution in [0.25, 0.3) is 16.7 Å². The Morgan fingerprint density at radius 3 is 2.46 bits per heavy atom. The van der Waals surface area contributed by atoms with Crippen molar-refractivity contribution in [2.45, 2.75) is 0 Å². The van der Waals surface area contributed by atoms with Gasteiger partial charge >= 0.3 is 5.97 Å². The SMILES string of the molecule is O=C(O)c1cnc2c(cnn2-c2ccccc2)c1Nc1ccc(Br)cc1. The van der Waals surface area contributed by atoms with Crippen LogP contribution in [0, 0.1) is 0 Å². The van der Waals surface area contributed by atoms with Crippen LogP contribution < -0.4 is 5.32 Å². The van der Waals surface area contributed by atoms with Crippen LogP contribution in [-0.2, 0) is 0 Å². The molecule has 0 amide bonds. The molecule has 0 saturated carbocycles. The Kier molecular flexibility index (Phi) is 4.14. The summed E-state index contributed by atoms with van der Waals surface area (Å²) in [6.07, 6.45) is 2.98. The number of benzene rings is 2. The van der Waals surface area contributed by atoms with E-state index in [9.17, 15) is 9.90 Å². The lowest BCUT2D eigenvalue weighted by Gasteiger charge is -2.11. The minimum atomic E-state index is -1.05. The van der Waals surface area contributed by atoms with Gasteiger partial charge in [-0.1, -0.05) is 34.1 Å². The van der Waals surface area contributed by atoms with Crippen LogP contribution in [0.3, 0.4) is 0 Å². The van der Waals surface area contributed by atoms with E-state index in [4.69, 9.17) is 0 Å². The molecule has 26 heavy (non-hydrogen) atoms. The van der Waals surface area contributed by atoms with E-state index in [1.807, 2.05) is 54.6 Å². The first kappa shape index (κ1) is 16.3. The molecule has 4 aromatic rings. The second kappa shape index (κ2) is 6.61. The van der Waals surface area contributed by atoms with Crippen LogP contribution in [0.15, 0.2) is 71.5 Å². The molecule has 0 aliphatic carbocycles. The summed E-state index contributed by atoms with van der Waals surface area (Å²) in [4.78, 5) is 16.0. The Morgan fingerprint density at radius 2 is 1.77 bits per heavy atom. The van der Waals surface area contributed by atoms with Gasteiger partial charge in [-0.05, 0) is 36.4 Å².